The molecule has 1 fully saturated rings. The van der Waals surface area contributed by atoms with E-state index in [1.807, 2.05) is 30.5 Å². The molecule has 1 saturated heterocycles. The van der Waals surface area contributed by atoms with Crippen LogP contribution in [0, 0.1) is 0 Å². The van der Waals surface area contributed by atoms with Gasteiger partial charge < -0.3 is 14.9 Å². The highest BCUT2D eigenvalue weighted by Gasteiger charge is 2.24. The van der Waals surface area contributed by atoms with E-state index in [0.29, 0.717) is 6.04 Å². The van der Waals surface area contributed by atoms with Crippen LogP contribution in [0.25, 0.3) is 16.9 Å². The van der Waals surface area contributed by atoms with E-state index in [-0.39, 0.29) is 0 Å². The van der Waals surface area contributed by atoms with Gasteiger partial charge in [0.15, 0.2) is 0 Å². The van der Waals surface area contributed by atoms with E-state index in [4.69, 9.17) is 15.5 Å². The maximum atomic E-state index is 6.11. The predicted molar refractivity (Wildman–Crippen MR) is 119 cm³/mol. The van der Waals surface area contributed by atoms with Gasteiger partial charge in [0.2, 0.25) is 0 Å². The van der Waals surface area contributed by atoms with Crippen LogP contribution in [0.5, 0.6) is 5.75 Å². The first-order valence-corrected chi connectivity index (χ1v) is 10.9. The molecule has 1 unspecified atom stereocenters. The second-order valence-corrected chi connectivity index (χ2v) is 8.00. The number of aromatic nitrogens is 2. The number of nitrogens with zero attached hydrogens (tertiary/aromatic N) is 3. The van der Waals surface area contributed by atoms with Crippen LogP contribution in [-0.4, -0.2) is 33.5 Å². The first kappa shape index (κ1) is 19.8. The van der Waals surface area contributed by atoms with Gasteiger partial charge in [-0.25, -0.2) is 4.98 Å². The molecule has 2 N–H and O–H groups in total. The summed E-state index contributed by atoms with van der Waals surface area (Å²) in [5, 5.41) is 0. The molecule has 5 heteroatoms. The minimum absolute atomic E-state index is 0.646. The fraction of sp³-hybridized carbons (Fsp3) is 0.458. The predicted octanol–water partition coefficient (Wildman–Crippen LogP) is 5.14. The fourth-order valence-corrected chi connectivity index (χ4v) is 4.34. The molecule has 0 bridgehead atoms. The van der Waals surface area contributed by atoms with Gasteiger partial charge in [-0.1, -0.05) is 20.3 Å². The largest absolute Gasteiger partial charge is 0.494 e. The van der Waals surface area contributed by atoms with Crippen molar-refractivity contribution in [3.05, 3.63) is 48.3 Å². The van der Waals surface area contributed by atoms with Gasteiger partial charge in [-0.2, -0.15) is 0 Å². The molecule has 1 atom stereocenters. The van der Waals surface area contributed by atoms with E-state index in [9.17, 15) is 0 Å². The quantitative estimate of drug-likeness (QED) is 0.605. The third-order valence-electron chi connectivity index (χ3n) is 5.91. The summed E-state index contributed by atoms with van der Waals surface area (Å²) in [6, 6.07) is 12.9. The van der Waals surface area contributed by atoms with Crippen molar-refractivity contribution >= 4 is 11.3 Å². The van der Waals surface area contributed by atoms with Crippen molar-refractivity contribution in [2.24, 2.45) is 0 Å². The van der Waals surface area contributed by atoms with Gasteiger partial charge in [0.25, 0.3) is 0 Å². The molecule has 154 valence electrons. The molecule has 2 aromatic heterocycles. The van der Waals surface area contributed by atoms with Crippen LogP contribution < -0.4 is 10.5 Å². The van der Waals surface area contributed by atoms with Gasteiger partial charge in [0.05, 0.1) is 18.0 Å². The maximum Gasteiger partial charge on any atom is 0.137 e. The normalized spacial score (nSPS) is 17.7. The molecule has 1 aliphatic rings. The first-order chi connectivity index (χ1) is 14.2. The Balaban J connectivity index is 1.72. The highest BCUT2D eigenvalue weighted by molar-refractivity contribution is 5.68. The lowest BCUT2D eigenvalue weighted by Gasteiger charge is -2.35. The monoisotopic (exact) mass is 392 g/mol. The molecule has 29 heavy (non-hydrogen) atoms. The number of fused-ring (bicyclic) bond motifs is 1. The second kappa shape index (κ2) is 8.87. The average molecular weight is 393 g/mol. The minimum Gasteiger partial charge on any atom is -0.494 e. The number of imidazole rings is 1. The van der Waals surface area contributed by atoms with E-state index < -0.39 is 0 Å². The molecular weight excluding hydrogens is 360 g/mol. The Bertz CT molecular complexity index is 947. The van der Waals surface area contributed by atoms with E-state index in [0.717, 1.165) is 54.5 Å². The molecule has 0 aliphatic carbocycles. The summed E-state index contributed by atoms with van der Waals surface area (Å²) >= 11 is 0. The molecule has 1 aromatic carbocycles. The highest BCUT2D eigenvalue weighted by atomic mass is 16.5. The molecule has 0 saturated carbocycles. The number of benzene rings is 1. The summed E-state index contributed by atoms with van der Waals surface area (Å²) in [7, 11) is 0. The molecular formula is C24H32N4O. The number of nitrogen functional groups attached to an aromatic ring is 1. The molecule has 0 amide bonds. The Morgan fingerprint density at radius 3 is 2.69 bits per heavy atom. The Morgan fingerprint density at radius 2 is 1.93 bits per heavy atom. The van der Waals surface area contributed by atoms with Gasteiger partial charge in [-0.15, -0.1) is 0 Å². The van der Waals surface area contributed by atoms with Gasteiger partial charge in [-0.3, -0.25) is 4.90 Å². The lowest BCUT2D eigenvalue weighted by atomic mass is 9.99. The molecule has 4 rings (SSSR count). The van der Waals surface area contributed by atoms with E-state index >= 15 is 0 Å². The van der Waals surface area contributed by atoms with Crippen molar-refractivity contribution in [2.75, 3.05) is 18.9 Å². The summed E-state index contributed by atoms with van der Waals surface area (Å²) in [6.45, 7) is 7.20. The van der Waals surface area contributed by atoms with Crippen LogP contribution in [0.15, 0.2) is 42.6 Å². The third kappa shape index (κ3) is 4.25. The number of likely N-dealkylation sites (tertiary alicyclic amines) is 1. The highest BCUT2D eigenvalue weighted by Crippen LogP contribution is 2.30. The van der Waals surface area contributed by atoms with Crippen molar-refractivity contribution in [3.8, 4) is 17.0 Å². The summed E-state index contributed by atoms with van der Waals surface area (Å²) in [5.74, 6) is 0.909. The zero-order valence-corrected chi connectivity index (χ0v) is 17.6. The topological polar surface area (TPSA) is 55.8 Å². The van der Waals surface area contributed by atoms with E-state index in [1.165, 1.54) is 31.4 Å². The van der Waals surface area contributed by atoms with Gasteiger partial charge in [0.1, 0.15) is 11.4 Å². The van der Waals surface area contributed by atoms with Crippen molar-refractivity contribution in [1.82, 2.24) is 14.3 Å². The average Bonchev–Trinajstić information content (AvgIpc) is 3.10. The number of rotatable bonds is 7. The molecule has 3 aromatic rings. The van der Waals surface area contributed by atoms with Crippen LogP contribution in [0.3, 0.4) is 0 Å². The zero-order chi connectivity index (χ0) is 20.2. The van der Waals surface area contributed by atoms with Gasteiger partial charge >= 0.3 is 0 Å². The Hall–Kier alpha value is -2.53. The van der Waals surface area contributed by atoms with Crippen molar-refractivity contribution in [2.45, 2.75) is 58.5 Å². The standard InChI is InChI=1S/C24H32N4O/c1-3-15-29-21-11-8-18(9-12-21)24-22(17-27-14-6-5-7-20(27)4-2)28-16-19(25)10-13-23(28)26-24/h8-13,16,20H,3-7,14-15,17,25H2,1-2H3. The van der Waals surface area contributed by atoms with Crippen LogP contribution in [0.2, 0.25) is 0 Å². The molecule has 1 aliphatic heterocycles. The molecule has 0 spiro atoms. The van der Waals surface area contributed by atoms with Crippen molar-refractivity contribution < 1.29 is 4.74 Å². The summed E-state index contributed by atoms with van der Waals surface area (Å²) in [4.78, 5) is 7.60. The number of pyridine rings is 1. The number of anilines is 1. The Kier molecular flexibility index (Phi) is 6.05. The minimum atomic E-state index is 0.646. The molecule has 3 heterocycles. The number of nitrogens with two attached hydrogens (primary N) is 1. The Labute approximate surface area is 173 Å². The summed E-state index contributed by atoms with van der Waals surface area (Å²) < 4.78 is 7.92. The van der Waals surface area contributed by atoms with E-state index in [1.54, 1.807) is 0 Å². The van der Waals surface area contributed by atoms with Crippen LogP contribution in [0.1, 0.15) is 51.6 Å². The van der Waals surface area contributed by atoms with Crippen molar-refractivity contribution in [1.29, 1.82) is 0 Å². The first-order valence-electron chi connectivity index (χ1n) is 10.9. The summed E-state index contributed by atoms with van der Waals surface area (Å²) in [5.41, 5.74) is 11.2. The molecule has 5 nitrogen and oxygen atoms in total. The van der Waals surface area contributed by atoms with Crippen molar-refractivity contribution in [3.63, 3.8) is 0 Å². The second-order valence-electron chi connectivity index (χ2n) is 8.00. The van der Waals surface area contributed by atoms with E-state index in [2.05, 4.69) is 35.3 Å². The lowest BCUT2D eigenvalue weighted by Crippen LogP contribution is -2.38. The maximum absolute atomic E-state index is 6.11. The zero-order valence-electron chi connectivity index (χ0n) is 17.6. The third-order valence-corrected chi connectivity index (χ3v) is 5.91. The molecule has 0 radical (unpaired) electrons. The number of piperidine rings is 1. The lowest BCUT2D eigenvalue weighted by molar-refractivity contribution is 0.134. The van der Waals surface area contributed by atoms with Gasteiger partial charge in [0, 0.05) is 30.0 Å². The van der Waals surface area contributed by atoms with Crippen LogP contribution in [-0.2, 0) is 6.54 Å². The smallest absolute Gasteiger partial charge is 0.137 e. The number of hydrogen-bond acceptors (Lipinski definition) is 4. The van der Waals surface area contributed by atoms with Crippen LogP contribution >= 0.6 is 0 Å². The number of hydrogen-bond donors (Lipinski definition) is 1. The fourth-order valence-electron chi connectivity index (χ4n) is 4.34. The summed E-state index contributed by atoms with van der Waals surface area (Å²) in [6.07, 6.45) is 8.10. The SMILES string of the molecule is CCCOc1ccc(-c2nc3ccc(N)cn3c2CN2CCCCC2CC)cc1. The van der Waals surface area contributed by atoms with Gasteiger partial charge in [-0.05, 0) is 68.6 Å². The Morgan fingerprint density at radius 1 is 1.10 bits per heavy atom. The van der Waals surface area contributed by atoms with Crippen LogP contribution in [0.4, 0.5) is 5.69 Å². The number of ether oxygens (including phenoxy) is 1.